The molecule has 49 heavy (non-hydrogen) atoms. The Hall–Kier alpha value is -3.64. The minimum atomic E-state index is -0.171. The number of hydrogen-bond acceptors (Lipinski definition) is 8. The summed E-state index contributed by atoms with van der Waals surface area (Å²) in [5, 5.41) is 2.00. The molecule has 0 unspecified atom stereocenters. The minimum absolute atomic E-state index is 0.0517. The standard InChI is InChI=1S/C37H46N6O4S2/c1-24-16-25(2)19-40(18-24)32(44)22-48-36-38-30-12-7-5-10-28(30)34(46)42(36)14-9-15-43-35(47)29-11-6-8-13-31(29)39-37(43)49-23-33(45)41-20-26(3)17-27(4)21-41/h5-8,10-13,24-27H,9,14-23H2,1-4H3/t24-,25-,26-,27-/m1/s1. The lowest BCUT2D eigenvalue weighted by Crippen LogP contribution is -2.43. The Bertz CT molecular complexity index is 1800. The van der Waals surface area contributed by atoms with E-state index in [1.807, 2.05) is 46.2 Å². The number of amides is 2. The topological polar surface area (TPSA) is 110 Å². The van der Waals surface area contributed by atoms with Crippen LogP contribution in [0.25, 0.3) is 21.8 Å². The summed E-state index contributed by atoms with van der Waals surface area (Å²) in [7, 11) is 0. The molecule has 2 amide bonds. The van der Waals surface area contributed by atoms with Crippen molar-refractivity contribution in [3.8, 4) is 0 Å². The first-order valence-corrected chi connectivity index (χ1v) is 19.3. The van der Waals surface area contributed by atoms with Gasteiger partial charge in [-0.3, -0.25) is 28.3 Å². The van der Waals surface area contributed by atoms with E-state index in [-0.39, 0.29) is 34.4 Å². The maximum absolute atomic E-state index is 13.8. The van der Waals surface area contributed by atoms with Crippen molar-refractivity contribution in [2.45, 2.75) is 70.4 Å². The number of carbonyl (C=O) groups excluding carboxylic acids is 2. The number of benzene rings is 2. The molecule has 4 atom stereocenters. The normalized spacial score (nSPS) is 21.4. The fraction of sp³-hybridized carbons (Fsp3) is 0.514. The van der Waals surface area contributed by atoms with Gasteiger partial charge in [-0.15, -0.1) is 0 Å². The van der Waals surface area contributed by atoms with Gasteiger partial charge in [-0.05, 0) is 67.2 Å². The highest BCUT2D eigenvalue weighted by molar-refractivity contribution is 8.00. The van der Waals surface area contributed by atoms with Crippen molar-refractivity contribution in [1.29, 1.82) is 0 Å². The molecule has 2 aliphatic rings. The molecular formula is C37H46N6O4S2. The van der Waals surface area contributed by atoms with E-state index in [1.54, 1.807) is 21.3 Å². The Morgan fingerprint density at radius 3 is 1.39 bits per heavy atom. The Morgan fingerprint density at radius 2 is 1.00 bits per heavy atom. The Kier molecular flexibility index (Phi) is 11.1. The summed E-state index contributed by atoms with van der Waals surface area (Å²) in [6.45, 7) is 12.3. The fourth-order valence-corrected chi connectivity index (χ4v) is 9.32. The summed E-state index contributed by atoms with van der Waals surface area (Å²) in [6.07, 6.45) is 2.68. The molecule has 0 spiro atoms. The Labute approximate surface area is 295 Å². The van der Waals surface area contributed by atoms with Gasteiger partial charge in [-0.2, -0.15) is 0 Å². The summed E-state index contributed by atoms with van der Waals surface area (Å²) in [5.74, 6) is 2.33. The monoisotopic (exact) mass is 702 g/mol. The lowest BCUT2D eigenvalue weighted by molar-refractivity contribution is -0.131. The van der Waals surface area contributed by atoms with E-state index in [2.05, 4.69) is 27.7 Å². The van der Waals surface area contributed by atoms with Gasteiger partial charge < -0.3 is 9.80 Å². The van der Waals surface area contributed by atoms with Crippen molar-refractivity contribution in [3.05, 3.63) is 69.2 Å². The lowest BCUT2D eigenvalue weighted by atomic mass is 9.92. The molecule has 260 valence electrons. The van der Waals surface area contributed by atoms with E-state index in [0.29, 0.717) is 75.3 Å². The molecule has 2 aromatic carbocycles. The van der Waals surface area contributed by atoms with E-state index in [9.17, 15) is 19.2 Å². The lowest BCUT2D eigenvalue weighted by Gasteiger charge is -2.35. The second-order valence-electron chi connectivity index (χ2n) is 14.2. The van der Waals surface area contributed by atoms with Gasteiger partial charge in [0.05, 0.1) is 33.3 Å². The maximum Gasteiger partial charge on any atom is 0.262 e. The zero-order chi connectivity index (χ0) is 34.7. The van der Waals surface area contributed by atoms with Gasteiger partial charge in [0.2, 0.25) is 11.8 Å². The highest BCUT2D eigenvalue weighted by atomic mass is 32.2. The van der Waals surface area contributed by atoms with Gasteiger partial charge in [-0.25, -0.2) is 9.97 Å². The van der Waals surface area contributed by atoms with Crippen LogP contribution in [-0.4, -0.2) is 78.4 Å². The highest BCUT2D eigenvalue weighted by Crippen LogP contribution is 2.26. The summed E-state index contributed by atoms with van der Waals surface area (Å²) in [4.78, 5) is 67.6. The zero-order valence-electron chi connectivity index (χ0n) is 28.8. The van der Waals surface area contributed by atoms with Crippen molar-refractivity contribution in [2.75, 3.05) is 37.7 Å². The largest absolute Gasteiger partial charge is 0.341 e. The van der Waals surface area contributed by atoms with Gasteiger partial charge >= 0.3 is 0 Å². The molecule has 0 saturated carbocycles. The first-order valence-electron chi connectivity index (χ1n) is 17.4. The number of hydrogen-bond donors (Lipinski definition) is 0. The number of aromatic nitrogens is 4. The first-order chi connectivity index (χ1) is 23.6. The molecule has 2 fully saturated rings. The summed E-state index contributed by atoms with van der Waals surface area (Å²) in [6, 6.07) is 14.5. The van der Waals surface area contributed by atoms with Crippen LogP contribution in [0.2, 0.25) is 0 Å². The number of para-hydroxylation sites is 2. The molecule has 2 saturated heterocycles. The predicted molar refractivity (Wildman–Crippen MR) is 197 cm³/mol. The quantitative estimate of drug-likeness (QED) is 0.160. The van der Waals surface area contributed by atoms with E-state index in [4.69, 9.17) is 9.97 Å². The first kappa shape index (κ1) is 35.2. The predicted octanol–water partition coefficient (Wildman–Crippen LogP) is 5.39. The van der Waals surface area contributed by atoms with Crippen LogP contribution in [0.4, 0.5) is 0 Å². The maximum atomic E-state index is 13.8. The van der Waals surface area contributed by atoms with Gasteiger partial charge in [-0.1, -0.05) is 75.5 Å². The van der Waals surface area contributed by atoms with Gasteiger partial charge in [0, 0.05) is 39.3 Å². The molecule has 6 rings (SSSR count). The minimum Gasteiger partial charge on any atom is -0.341 e. The van der Waals surface area contributed by atoms with Crippen molar-refractivity contribution < 1.29 is 9.59 Å². The van der Waals surface area contributed by atoms with Crippen LogP contribution < -0.4 is 11.1 Å². The molecule has 4 heterocycles. The van der Waals surface area contributed by atoms with Crippen molar-refractivity contribution in [1.82, 2.24) is 28.9 Å². The molecule has 2 aromatic heterocycles. The van der Waals surface area contributed by atoms with Gasteiger partial charge in [0.25, 0.3) is 11.1 Å². The summed E-state index contributed by atoms with van der Waals surface area (Å²) >= 11 is 2.59. The molecule has 10 nitrogen and oxygen atoms in total. The number of nitrogens with zero attached hydrogens (tertiary/aromatic N) is 6. The van der Waals surface area contributed by atoms with Crippen LogP contribution in [0.3, 0.4) is 0 Å². The number of piperidine rings is 2. The average molecular weight is 703 g/mol. The number of carbonyl (C=O) groups is 2. The van der Waals surface area contributed by atoms with E-state index in [0.717, 1.165) is 39.0 Å². The van der Waals surface area contributed by atoms with E-state index in [1.165, 1.54) is 23.5 Å². The Balaban J connectivity index is 1.22. The van der Waals surface area contributed by atoms with Crippen molar-refractivity contribution >= 4 is 57.1 Å². The van der Waals surface area contributed by atoms with Crippen molar-refractivity contribution in [2.24, 2.45) is 23.7 Å². The third kappa shape index (κ3) is 8.23. The third-order valence-corrected chi connectivity index (χ3v) is 11.4. The molecular weight excluding hydrogens is 657 g/mol. The van der Waals surface area contributed by atoms with Crippen LogP contribution in [0.5, 0.6) is 0 Å². The molecule has 4 aromatic rings. The molecule has 0 bridgehead atoms. The molecule has 0 aliphatic carbocycles. The number of thioether (sulfide) groups is 2. The third-order valence-electron chi connectivity index (χ3n) is 9.51. The smallest absolute Gasteiger partial charge is 0.262 e. The molecule has 0 radical (unpaired) electrons. The highest BCUT2D eigenvalue weighted by Gasteiger charge is 2.27. The molecule has 12 heteroatoms. The number of likely N-dealkylation sites (tertiary alicyclic amines) is 2. The SMILES string of the molecule is C[C@@H]1C[C@@H](C)CN(C(=O)CSc2nc3ccccc3c(=O)n2CCCn2c(SCC(=O)N3C[C@H](C)C[C@@H](C)C3)nc3ccccc3c2=O)C1. The van der Waals surface area contributed by atoms with E-state index >= 15 is 0 Å². The second-order valence-corrected chi connectivity index (χ2v) is 16.0. The van der Waals surface area contributed by atoms with Crippen LogP contribution in [0, 0.1) is 23.7 Å². The summed E-state index contributed by atoms with van der Waals surface area (Å²) in [5.41, 5.74) is 0.842. The number of fused-ring (bicyclic) bond motifs is 2. The van der Waals surface area contributed by atoms with E-state index < -0.39 is 0 Å². The van der Waals surface area contributed by atoms with Gasteiger partial charge in [0.1, 0.15) is 0 Å². The van der Waals surface area contributed by atoms with Gasteiger partial charge in [0.15, 0.2) is 10.3 Å². The second kappa shape index (κ2) is 15.5. The number of rotatable bonds is 10. The Morgan fingerprint density at radius 1 is 0.633 bits per heavy atom. The summed E-state index contributed by atoms with van der Waals surface area (Å²) < 4.78 is 3.27. The fourth-order valence-electron chi connectivity index (χ4n) is 7.47. The zero-order valence-corrected chi connectivity index (χ0v) is 30.5. The van der Waals surface area contributed by atoms with Crippen LogP contribution >= 0.6 is 23.5 Å². The van der Waals surface area contributed by atoms with Crippen LogP contribution in [0.1, 0.15) is 47.0 Å². The van der Waals surface area contributed by atoms with Crippen molar-refractivity contribution in [3.63, 3.8) is 0 Å². The average Bonchev–Trinajstić information content (AvgIpc) is 3.07. The molecule has 0 N–H and O–H groups in total. The molecule has 2 aliphatic heterocycles. The van der Waals surface area contributed by atoms with Crippen LogP contribution in [0.15, 0.2) is 68.4 Å². The van der Waals surface area contributed by atoms with Crippen LogP contribution in [-0.2, 0) is 22.7 Å².